The molecule has 0 bridgehead atoms. The van der Waals surface area contributed by atoms with Crippen LogP contribution in [0.15, 0.2) is 510 Å². The molecule has 0 saturated carbocycles. The number of hydrogen-bond donors (Lipinski definition) is 0. The van der Waals surface area contributed by atoms with Crippen LogP contribution in [0.4, 0.5) is 34.1 Å². The number of benzene rings is 22. The lowest BCUT2D eigenvalue weighted by atomic mass is 9.86. The molecule has 0 amide bonds. The van der Waals surface area contributed by atoms with Crippen molar-refractivity contribution in [1.82, 2.24) is 9.13 Å². The fourth-order valence-corrected chi connectivity index (χ4v) is 19.7. The van der Waals surface area contributed by atoms with Crippen LogP contribution in [0.3, 0.4) is 0 Å². The molecule has 0 spiro atoms. The molecular weight excluding hydrogens is 1550 g/mol. The molecule has 2 aromatic heterocycles. The summed E-state index contributed by atoms with van der Waals surface area (Å²) >= 11 is 0. The van der Waals surface area contributed by atoms with E-state index >= 15 is 0 Å². The van der Waals surface area contributed by atoms with Crippen LogP contribution in [-0.4, -0.2) is 9.13 Å². The second kappa shape index (κ2) is 33.0. The van der Waals surface area contributed by atoms with Gasteiger partial charge in [0.05, 0.1) is 27.8 Å². The van der Waals surface area contributed by atoms with Crippen molar-refractivity contribution in [2.45, 2.75) is 0 Å². The summed E-state index contributed by atoms with van der Waals surface area (Å²) in [7, 11) is 0. The van der Waals surface area contributed by atoms with Gasteiger partial charge < -0.3 is 18.9 Å². The van der Waals surface area contributed by atoms with Crippen molar-refractivity contribution >= 4 is 121 Å². The van der Waals surface area contributed by atoms with Gasteiger partial charge in [-0.25, -0.2) is 0 Å². The highest BCUT2D eigenvalue weighted by Crippen LogP contribution is 2.50. The molecule has 600 valence electrons. The third-order valence-electron chi connectivity index (χ3n) is 25.5. The molecule has 4 nitrogen and oxygen atoms in total. The lowest BCUT2D eigenvalue weighted by Gasteiger charge is -2.28. The summed E-state index contributed by atoms with van der Waals surface area (Å²) < 4.78 is 4.74. The van der Waals surface area contributed by atoms with Crippen LogP contribution in [-0.2, 0) is 0 Å². The molecule has 0 atom stereocenters. The van der Waals surface area contributed by atoms with Gasteiger partial charge in [0.15, 0.2) is 0 Å². The van der Waals surface area contributed by atoms with E-state index in [-0.39, 0.29) is 0 Å². The summed E-state index contributed by atoms with van der Waals surface area (Å²) in [4.78, 5) is 4.78. The maximum absolute atomic E-state index is 2.40. The van der Waals surface area contributed by atoms with Crippen LogP contribution in [0.5, 0.6) is 0 Å². The summed E-state index contributed by atoms with van der Waals surface area (Å²) in [6, 6.07) is 185. The molecule has 0 unspecified atom stereocenters. The van der Waals surface area contributed by atoms with Gasteiger partial charge in [-0.1, -0.05) is 382 Å². The van der Waals surface area contributed by atoms with Crippen LogP contribution >= 0.6 is 0 Å². The van der Waals surface area contributed by atoms with Crippen LogP contribution in [0.2, 0.25) is 0 Å². The van der Waals surface area contributed by atoms with Crippen LogP contribution in [0, 0.1) is 0 Å². The molecule has 0 saturated heterocycles. The van der Waals surface area contributed by atoms with Crippen molar-refractivity contribution in [2.24, 2.45) is 0 Å². The Labute approximate surface area is 744 Å². The van der Waals surface area contributed by atoms with Gasteiger partial charge >= 0.3 is 0 Å². The van der Waals surface area contributed by atoms with E-state index in [1.807, 2.05) is 0 Å². The minimum atomic E-state index is 1.09. The normalized spacial score (nSPS) is 11.4. The molecule has 4 heteroatoms. The van der Waals surface area contributed by atoms with Crippen molar-refractivity contribution in [2.75, 3.05) is 9.80 Å². The first kappa shape index (κ1) is 76.0. The number of aromatic nitrogens is 2. The zero-order valence-electron chi connectivity index (χ0n) is 70.3. The van der Waals surface area contributed by atoms with Crippen molar-refractivity contribution in [1.29, 1.82) is 0 Å². The van der Waals surface area contributed by atoms with Gasteiger partial charge in [0.1, 0.15) is 0 Å². The molecule has 0 fully saturated rings. The smallest absolute Gasteiger partial charge is 0.0541 e. The highest BCUT2D eigenvalue weighted by molar-refractivity contribution is 6.23. The number of para-hydroxylation sites is 5. The van der Waals surface area contributed by atoms with Gasteiger partial charge in [0.25, 0.3) is 0 Å². The largest absolute Gasteiger partial charge is 0.310 e. The molecule has 0 aliphatic rings. The van der Waals surface area contributed by atoms with Gasteiger partial charge in [-0.3, -0.25) is 0 Å². The Kier molecular flexibility index (Phi) is 19.6. The van der Waals surface area contributed by atoms with Gasteiger partial charge in [0.2, 0.25) is 0 Å². The number of hydrogen-bond acceptors (Lipinski definition) is 2. The fourth-order valence-electron chi connectivity index (χ4n) is 19.7. The first-order chi connectivity index (χ1) is 63.5. The highest BCUT2D eigenvalue weighted by atomic mass is 15.1. The predicted octanol–water partition coefficient (Wildman–Crippen LogP) is 34.5. The van der Waals surface area contributed by atoms with E-state index in [0.717, 1.165) is 45.5 Å². The van der Waals surface area contributed by atoms with E-state index in [9.17, 15) is 0 Å². The summed E-state index contributed by atoms with van der Waals surface area (Å²) in [6.07, 6.45) is 0. The van der Waals surface area contributed by atoms with Crippen molar-refractivity contribution < 1.29 is 0 Å². The summed E-state index contributed by atoms with van der Waals surface area (Å²) in [6.45, 7) is 0. The van der Waals surface area contributed by atoms with Crippen LogP contribution in [0.1, 0.15) is 0 Å². The quantitative estimate of drug-likeness (QED) is 0.0897. The molecule has 0 aliphatic carbocycles. The van der Waals surface area contributed by atoms with Gasteiger partial charge in [-0.2, -0.15) is 0 Å². The Morgan fingerprint density at radius 1 is 0.133 bits per heavy atom. The fraction of sp³-hybridized carbons (Fsp3) is 0. The van der Waals surface area contributed by atoms with Crippen molar-refractivity contribution in [3.05, 3.63) is 510 Å². The van der Waals surface area contributed by atoms with E-state index in [2.05, 4.69) is 529 Å². The standard InChI is InChI=1S/2C62H42N2/c1-4-18-44(19-5-1)51-24-14-16-30-58(51)63(49-37-32-43(33-38-49)47-36-41-60-57(42-47)52-25-15-17-31-59(52)64(60)48-22-8-3-9-23-48)50-39-34-46(35-40-50)62-55-28-12-10-26-53(55)61(45-20-6-2-7-21-45)54-27-11-13-29-56(54)62;1-4-17-43(18-5-1)47-21-16-24-52(41-47)63(50-36-31-44(32-37-50)48-35-40-60-58(42-48)53-25-14-15-30-59(53)64(60)49-22-8-3-9-23-49)51-38-33-46(34-39-51)62-56-28-12-10-26-54(56)61(45-19-6-2-7-20-45)55-27-11-13-29-57(55)62/h2*1-42H. The maximum atomic E-state index is 2.40. The topological polar surface area (TPSA) is 16.3 Å². The van der Waals surface area contributed by atoms with E-state index in [4.69, 9.17) is 0 Å². The number of fused-ring (bicyclic) bond motifs is 10. The average molecular weight is 1630 g/mol. The van der Waals surface area contributed by atoms with E-state index in [0.29, 0.717) is 0 Å². The Hall–Kier alpha value is -16.9. The van der Waals surface area contributed by atoms with Crippen LogP contribution in [0.25, 0.3) is 187 Å². The Morgan fingerprint density at radius 2 is 0.383 bits per heavy atom. The van der Waals surface area contributed by atoms with Crippen molar-refractivity contribution in [3.8, 4) is 100 Å². The van der Waals surface area contributed by atoms with Gasteiger partial charge in [0, 0.05) is 66.9 Å². The Balaban J connectivity index is 0.000000146. The van der Waals surface area contributed by atoms with Gasteiger partial charge in [-0.05, 0) is 254 Å². The zero-order chi connectivity index (χ0) is 84.8. The summed E-state index contributed by atoms with van der Waals surface area (Å²) in [5, 5.41) is 15.0. The predicted molar refractivity (Wildman–Crippen MR) is 544 cm³/mol. The average Bonchev–Trinajstić information content (AvgIpc) is 1.13. The number of anilines is 6. The minimum absolute atomic E-state index is 1.09. The second-order valence-corrected chi connectivity index (χ2v) is 32.9. The molecule has 128 heavy (non-hydrogen) atoms. The van der Waals surface area contributed by atoms with Crippen molar-refractivity contribution in [3.63, 3.8) is 0 Å². The molecular formula is C124H84N4. The summed E-state index contributed by atoms with van der Waals surface area (Å²) in [5.74, 6) is 0. The molecule has 24 aromatic rings. The number of nitrogens with zero attached hydrogens (tertiary/aromatic N) is 4. The molecule has 0 N–H and O–H groups in total. The Morgan fingerprint density at radius 3 is 0.758 bits per heavy atom. The third-order valence-corrected chi connectivity index (χ3v) is 25.5. The number of rotatable bonds is 16. The lowest BCUT2D eigenvalue weighted by Crippen LogP contribution is -2.11. The maximum Gasteiger partial charge on any atom is 0.0541 e. The van der Waals surface area contributed by atoms with E-state index in [1.54, 1.807) is 0 Å². The highest BCUT2D eigenvalue weighted by Gasteiger charge is 2.25. The SMILES string of the molecule is c1ccc(-c2cccc(N(c3ccc(-c4ccc5c(c4)c4ccccc4n5-c4ccccc4)cc3)c3ccc(-c4c5ccccc5c(-c5ccccc5)c5ccccc45)cc3)c2)cc1.c1ccc(-c2ccccc2N(c2ccc(-c3ccc4c(c3)c3ccccc3n4-c3ccccc3)cc2)c2ccc(-c3c4ccccc4c(-c4ccccc4)c4ccccc34)cc2)cc1. The second-order valence-electron chi connectivity index (χ2n) is 32.9. The third kappa shape index (κ3) is 13.8. The summed E-state index contributed by atoms with van der Waals surface area (Å²) in [5.41, 5.74) is 33.1. The van der Waals surface area contributed by atoms with Gasteiger partial charge in [-0.15, -0.1) is 0 Å². The van der Waals surface area contributed by atoms with E-state index in [1.165, 1.54) is 176 Å². The molecule has 2 heterocycles. The first-order valence-corrected chi connectivity index (χ1v) is 44.0. The minimum Gasteiger partial charge on any atom is -0.310 e. The zero-order valence-corrected chi connectivity index (χ0v) is 70.3. The monoisotopic (exact) mass is 1630 g/mol. The van der Waals surface area contributed by atoms with Crippen LogP contribution < -0.4 is 9.80 Å². The molecule has 24 rings (SSSR count). The molecule has 0 radical (unpaired) electrons. The Bertz CT molecular complexity index is 8120. The first-order valence-electron chi connectivity index (χ1n) is 44.0. The molecule has 0 aliphatic heterocycles. The lowest BCUT2D eigenvalue weighted by molar-refractivity contribution is 1.18. The van der Waals surface area contributed by atoms with E-state index < -0.39 is 0 Å². The molecule has 22 aromatic carbocycles.